The number of rotatable bonds is 11. The molecule has 1 aromatic heterocycles. The molecule has 0 fully saturated rings. The Labute approximate surface area is 179 Å². The smallest absolute Gasteiger partial charge is 0.120 e. The van der Waals surface area contributed by atoms with Gasteiger partial charge in [-0.25, -0.2) is 4.98 Å². The lowest BCUT2D eigenvalue weighted by Gasteiger charge is -2.09. The van der Waals surface area contributed by atoms with Crippen LogP contribution >= 0.6 is 23.0 Å². The number of nitrogens with zero attached hydrogens (tertiary/aromatic N) is 1. The zero-order chi connectivity index (χ0) is 19.6. The van der Waals surface area contributed by atoms with Crippen molar-refractivity contribution >= 4 is 33.9 Å². The third-order valence-corrected chi connectivity index (χ3v) is 4.62. The minimum Gasteiger partial charge on any atom is -0.491 e. The predicted octanol–water partition coefficient (Wildman–Crippen LogP) is 4.99. The van der Waals surface area contributed by atoms with Crippen LogP contribution in [0.2, 0.25) is 0 Å². The van der Waals surface area contributed by atoms with E-state index in [1.807, 2.05) is 47.3 Å². The van der Waals surface area contributed by atoms with Crippen LogP contribution in [0.4, 0.5) is 0 Å². The van der Waals surface area contributed by atoms with E-state index in [9.17, 15) is 0 Å². The molecule has 2 aromatic carbocycles. The Bertz CT molecular complexity index is 870. The van der Waals surface area contributed by atoms with Crippen LogP contribution in [-0.2, 0) is 12.5 Å². The standard InChI is InChI=1S/C22H24INO4/c1-17-2-4-18(5-3-17)21-8-6-19-16-20(7-9-22(19)24-21)27-14-12-25-10-11-26-13-15-28-23/h2-9,16H,10-15H2,1H3. The number of halogens is 1. The van der Waals surface area contributed by atoms with Gasteiger partial charge < -0.3 is 17.3 Å². The van der Waals surface area contributed by atoms with Crippen LogP contribution in [0.1, 0.15) is 5.56 Å². The Balaban J connectivity index is 1.48. The first-order valence-corrected chi connectivity index (χ1v) is 10.1. The molecule has 0 saturated heterocycles. The van der Waals surface area contributed by atoms with Gasteiger partial charge in [-0.05, 0) is 31.2 Å². The second kappa shape index (κ2) is 11.3. The maximum Gasteiger partial charge on any atom is 0.120 e. The first kappa shape index (κ1) is 21.0. The van der Waals surface area contributed by atoms with Crippen LogP contribution in [0.25, 0.3) is 22.2 Å². The highest BCUT2D eigenvalue weighted by Crippen LogP contribution is 2.24. The van der Waals surface area contributed by atoms with Gasteiger partial charge >= 0.3 is 0 Å². The monoisotopic (exact) mass is 493 g/mol. The Morgan fingerprint density at radius 2 is 1.50 bits per heavy atom. The topological polar surface area (TPSA) is 49.8 Å². The second-order valence-corrected chi connectivity index (χ2v) is 6.93. The summed E-state index contributed by atoms with van der Waals surface area (Å²) in [5.41, 5.74) is 4.29. The fraction of sp³-hybridized carbons (Fsp3) is 0.318. The maximum atomic E-state index is 5.77. The van der Waals surface area contributed by atoms with E-state index in [2.05, 4.69) is 37.3 Å². The summed E-state index contributed by atoms with van der Waals surface area (Å²) in [5, 5.41) is 1.06. The van der Waals surface area contributed by atoms with Crippen molar-refractivity contribution in [1.82, 2.24) is 4.98 Å². The summed E-state index contributed by atoms with van der Waals surface area (Å²) in [4.78, 5) is 4.76. The molecule has 0 N–H and O–H groups in total. The number of aromatic nitrogens is 1. The van der Waals surface area contributed by atoms with Crippen molar-refractivity contribution in [1.29, 1.82) is 0 Å². The molecule has 28 heavy (non-hydrogen) atoms. The third kappa shape index (κ3) is 6.41. The van der Waals surface area contributed by atoms with Gasteiger partial charge in [0.15, 0.2) is 0 Å². The van der Waals surface area contributed by atoms with E-state index < -0.39 is 0 Å². The lowest BCUT2D eigenvalue weighted by molar-refractivity contribution is 0.0308. The number of fused-ring (bicyclic) bond motifs is 1. The number of hydrogen-bond donors (Lipinski definition) is 0. The number of benzene rings is 2. The highest BCUT2D eigenvalue weighted by Gasteiger charge is 2.03. The molecule has 0 aliphatic carbocycles. The van der Waals surface area contributed by atoms with E-state index in [4.69, 9.17) is 22.3 Å². The maximum absolute atomic E-state index is 5.77. The number of aryl methyl sites for hydroxylation is 1. The van der Waals surface area contributed by atoms with Gasteiger partial charge in [-0.1, -0.05) is 35.9 Å². The van der Waals surface area contributed by atoms with Crippen molar-refractivity contribution < 1.29 is 17.3 Å². The zero-order valence-electron chi connectivity index (χ0n) is 15.9. The summed E-state index contributed by atoms with van der Waals surface area (Å²) >= 11 is 1.85. The van der Waals surface area contributed by atoms with E-state index in [0.717, 1.165) is 27.9 Å². The molecule has 148 valence electrons. The number of pyridine rings is 1. The number of ether oxygens (including phenoxy) is 3. The summed E-state index contributed by atoms with van der Waals surface area (Å²) in [6, 6.07) is 18.5. The summed E-state index contributed by atoms with van der Waals surface area (Å²) in [5.74, 6) is 0.816. The molecule has 0 aliphatic heterocycles. The normalized spacial score (nSPS) is 11.1. The van der Waals surface area contributed by atoms with Crippen molar-refractivity contribution in [3.8, 4) is 17.0 Å². The third-order valence-electron chi connectivity index (χ3n) is 4.18. The van der Waals surface area contributed by atoms with Crippen molar-refractivity contribution in [2.24, 2.45) is 0 Å². The molecule has 0 bridgehead atoms. The Morgan fingerprint density at radius 1 is 0.786 bits per heavy atom. The molecular formula is C22H24INO4. The van der Waals surface area contributed by atoms with Crippen LogP contribution in [0.15, 0.2) is 54.6 Å². The minimum absolute atomic E-state index is 0.497. The highest BCUT2D eigenvalue weighted by atomic mass is 127. The summed E-state index contributed by atoms with van der Waals surface area (Å²) < 4.78 is 21.5. The molecule has 0 spiro atoms. The van der Waals surface area contributed by atoms with Crippen LogP contribution in [0, 0.1) is 6.92 Å². The quantitative estimate of drug-likeness (QED) is 0.278. The molecule has 0 saturated carbocycles. The molecule has 6 heteroatoms. The van der Waals surface area contributed by atoms with Crippen LogP contribution in [-0.4, -0.2) is 44.6 Å². The molecule has 3 aromatic rings. The second-order valence-electron chi connectivity index (χ2n) is 6.30. The number of hydrogen-bond acceptors (Lipinski definition) is 5. The highest BCUT2D eigenvalue weighted by molar-refractivity contribution is 14.1. The Hall–Kier alpha value is -1.74. The van der Waals surface area contributed by atoms with Crippen molar-refractivity contribution in [3.63, 3.8) is 0 Å². The van der Waals surface area contributed by atoms with E-state index in [-0.39, 0.29) is 0 Å². The van der Waals surface area contributed by atoms with E-state index in [1.165, 1.54) is 5.56 Å². The van der Waals surface area contributed by atoms with Crippen LogP contribution < -0.4 is 4.74 Å². The van der Waals surface area contributed by atoms with E-state index >= 15 is 0 Å². The lowest BCUT2D eigenvalue weighted by atomic mass is 10.1. The fourth-order valence-corrected chi connectivity index (χ4v) is 2.89. The molecule has 0 radical (unpaired) electrons. The Morgan fingerprint density at radius 3 is 2.25 bits per heavy atom. The molecule has 0 aliphatic rings. The van der Waals surface area contributed by atoms with Crippen molar-refractivity contribution in [2.75, 3.05) is 39.6 Å². The molecule has 3 rings (SSSR count). The van der Waals surface area contributed by atoms with E-state index in [0.29, 0.717) is 39.6 Å². The minimum atomic E-state index is 0.497. The van der Waals surface area contributed by atoms with Gasteiger partial charge in [0.05, 0.1) is 44.2 Å². The molecule has 5 nitrogen and oxygen atoms in total. The largest absolute Gasteiger partial charge is 0.491 e. The van der Waals surface area contributed by atoms with Gasteiger partial charge in [0, 0.05) is 10.9 Å². The average Bonchev–Trinajstić information content (AvgIpc) is 2.72. The van der Waals surface area contributed by atoms with Crippen molar-refractivity contribution in [2.45, 2.75) is 6.92 Å². The van der Waals surface area contributed by atoms with Gasteiger partial charge in [0.2, 0.25) is 0 Å². The zero-order valence-corrected chi connectivity index (χ0v) is 18.1. The summed E-state index contributed by atoms with van der Waals surface area (Å²) in [6.07, 6.45) is 0. The molecule has 1 heterocycles. The van der Waals surface area contributed by atoms with Crippen LogP contribution in [0.3, 0.4) is 0 Å². The molecule has 0 amide bonds. The van der Waals surface area contributed by atoms with Gasteiger partial charge in [0.1, 0.15) is 35.4 Å². The SMILES string of the molecule is Cc1ccc(-c2ccc3cc(OCCOCCOCCOI)ccc3n2)cc1. The van der Waals surface area contributed by atoms with Gasteiger partial charge in [-0.2, -0.15) is 0 Å². The van der Waals surface area contributed by atoms with Crippen LogP contribution in [0.5, 0.6) is 5.75 Å². The fourth-order valence-electron chi connectivity index (χ4n) is 2.71. The first-order chi connectivity index (χ1) is 13.8. The summed E-state index contributed by atoms with van der Waals surface area (Å²) in [6.45, 7) is 5.39. The molecule has 0 unspecified atom stereocenters. The molecule has 0 atom stereocenters. The Kier molecular flexibility index (Phi) is 8.47. The average molecular weight is 493 g/mol. The summed E-state index contributed by atoms with van der Waals surface area (Å²) in [7, 11) is 0. The molecular weight excluding hydrogens is 469 g/mol. The predicted molar refractivity (Wildman–Crippen MR) is 119 cm³/mol. The van der Waals surface area contributed by atoms with Gasteiger partial charge in [-0.3, -0.25) is 0 Å². The first-order valence-electron chi connectivity index (χ1n) is 9.26. The van der Waals surface area contributed by atoms with Crippen molar-refractivity contribution in [3.05, 3.63) is 60.2 Å². The van der Waals surface area contributed by atoms with Gasteiger partial charge in [-0.15, -0.1) is 0 Å². The van der Waals surface area contributed by atoms with Gasteiger partial charge in [0.25, 0.3) is 0 Å². The van der Waals surface area contributed by atoms with E-state index in [1.54, 1.807) is 0 Å². The lowest BCUT2D eigenvalue weighted by Crippen LogP contribution is -2.12.